The van der Waals surface area contributed by atoms with E-state index in [1.807, 2.05) is 19.9 Å². The Kier molecular flexibility index (Phi) is 3.91. The van der Waals surface area contributed by atoms with Gasteiger partial charge in [-0.1, -0.05) is 0 Å². The van der Waals surface area contributed by atoms with Crippen molar-refractivity contribution in [2.45, 2.75) is 26.3 Å². The second-order valence-electron chi connectivity index (χ2n) is 4.12. The molecule has 1 unspecified atom stereocenters. The van der Waals surface area contributed by atoms with Crippen molar-refractivity contribution in [3.8, 4) is 10.6 Å². The molecule has 5 heteroatoms. The van der Waals surface area contributed by atoms with Crippen molar-refractivity contribution >= 4 is 27.3 Å². The SMILES string of the molecule is Cc1cc(-c2cc(Br)cs2)nc(CC(C)N)n1. The van der Waals surface area contributed by atoms with Crippen LogP contribution in [0.5, 0.6) is 0 Å². The summed E-state index contributed by atoms with van der Waals surface area (Å²) < 4.78 is 1.09. The molecule has 3 nitrogen and oxygen atoms in total. The lowest BCUT2D eigenvalue weighted by atomic mass is 10.2. The highest BCUT2D eigenvalue weighted by molar-refractivity contribution is 9.10. The molecule has 2 aromatic heterocycles. The summed E-state index contributed by atoms with van der Waals surface area (Å²) in [5, 5.41) is 2.05. The molecule has 0 saturated heterocycles. The van der Waals surface area contributed by atoms with E-state index in [0.717, 1.165) is 26.6 Å². The third-order valence-electron chi connectivity index (χ3n) is 2.22. The van der Waals surface area contributed by atoms with Crippen LogP contribution in [0.25, 0.3) is 10.6 Å². The summed E-state index contributed by atoms with van der Waals surface area (Å²) in [6, 6.07) is 4.16. The Morgan fingerprint density at radius 3 is 2.76 bits per heavy atom. The van der Waals surface area contributed by atoms with Gasteiger partial charge in [0.2, 0.25) is 0 Å². The minimum Gasteiger partial charge on any atom is -0.328 e. The third kappa shape index (κ3) is 3.34. The quantitative estimate of drug-likeness (QED) is 0.947. The number of thiophene rings is 1. The van der Waals surface area contributed by atoms with Crippen LogP contribution < -0.4 is 5.73 Å². The molecular weight excluding hydrogens is 298 g/mol. The maximum atomic E-state index is 5.78. The lowest BCUT2D eigenvalue weighted by molar-refractivity contribution is 0.700. The van der Waals surface area contributed by atoms with Gasteiger partial charge >= 0.3 is 0 Å². The molecule has 90 valence electrons. The van der Waals surface area contributed by atoms with Crippen molar-refractivity contribution in [2.24, 2.45) is 5.73 Å². The van der Waals surface area contributed by atoms with Crippen LogP contribution in [-0.2, 0) is 6.42 Å². The molecular formula is C12H14BrN3S. The summed E-state index contributed by atoms with van der Waals surface area (Å²) in [4.78, 5) is 10.1. The molecule has 0 amide bonds. The van der Waals surface area contributed by atoms with Crippen LogP contribution in [0.2, 0.25) is 0 Å². The Bertz CT molecular complexity index is 522. The number of hydrogen-bond acceptors (Lipinski definition) is 4. The summed E-state index contributed by atoms with van der Waals surface area (Å²) in [6.07, 6.45) is 0.710. The molecule has 0 radical (unpaired) electrons. The number of nitrogens with zero attached hydrogens (tertiary/aromatic N) is 2. The highest BCUT2D eigenvalue weighted by Crippen LogP contribution is 2.28. The monoisotopic (exact) mass is 311 g/mol. The van der Waals surface area contributed by atoms with Crippen molar-refractivity contribution in [1.82, 2.24) is 9.97 Å². The van der Waals surface area contributed by atoms with Gasteiger partial charge in [0.05, 0.1) is 10.6 Å². The van der Waals surface area contributed by atoms with Crippen molar-refractivity contribution in [3.05, 3.63) is 33.5 Å². The molecule has 17 heavy (non-hydrogen) atoms. The standard InChI is InChI=1S/C12H14BrN3S/c1-7(14)3-12-15-8(2)4-10(16-12)11-5-9(13)6-17-11/h4-7H,3,14H2,1-2H3. The summed E-state index contributed by atoms with van der Waals surface area (Å²) >= 11 is 5.12. The molecule has 2 aromatic rings. The molecule has 0 aliphatic carbocycles. The third-order valence-corrected chi connectivity index (χ3v) is 3.94. The average molecular weight is 312 g/mol. The molecule has 0 spiro atoms. The summed E-state index contributed by atoms with van der Waals surface area (Å²) in [5.74, 6) is 0.819. The van der Waals surface area contributed by atoms with Crippen molar-refractivity contribution in [3.63, 3.8) is 0 Å². The number of halogens is 1. The number of hydrogen-bond donors (Lipinski definition) is 1. The average Bonchev–Trinajstić information content (AvgIpc) is 2.62. The highest BCUT2D eigenvalue weighted by Gasteiger charge is 2.08. The van der Waals surface area contributed by atoms with Crippen LogP contribution in [0.1, 0.15) is 18.4 Å². The van der Waals surface area contributed by atoms with E-state index in [4.69, 9.17) is 5.73 Å². The summed E-state index contributed by atoms with van der Waals surface area (Å²) in [5.41, 5.74) is 7.74. The first kappa shape index (κ1) is 12.7. The Labute approximate surface area is 113 Å². The van der Waals surface area contributed by atoms with Gasteiger partial charge in [0.25, 0.3) is 0 Å². The van der Waals surface area contributed by atoms with E-state index in [0.29, 0.717) is 6.42 Å². The molecule has 1 atom stereocenters. The van der Waals surface area contributed by atoms with E-state index < -0.39 is 0 Å². The van der Waals surface area contributed by atoms with Gasteiger partial charge in [0.15, 0.2) is 0 Å². The summed E-state index contributed by atoms with van der Waals surface area (Å²) in [6.45, 7) is 3.95. The van der Waals surface area contributed by atoms with Crippen molar-refractivity contribution in [1.29, 1.82) is 0 Å². The molecule has 2 rings (SSSR count). The van der Waals surface area contributed by atoms with Crippen LogP contribution in [0.4, 0.5) is 0 Å². The highest BCUT2D eigenvalue weighted by atomic mass is 79.9. The van der Waals surface area contributed by atoms with E-state index in [9.17, 15) is 0 Å². The fourth-order valence-corrected chi connectivity index (χ4v) is 2.97. The summed E-state index contributed by atoms with van der Waals surface area (Å²) in [7, 11) is 0. The lowest BCUT2D eigenvalue weighted by Gasteiger charge is -2.06. The zero-order valence-corrected chi connectivity index (χ0v) is 12.2. The van der Waals surface area contributed by atoms with Gasteiger partial charge in [-0.25, -0.2) is 9.97 Å². The molecule has 0 saturated carbocycles. The zero-order chi connectivity index (χ0) is 12.4. The zero-order valence-electron chi connectivity index (χ0n) is 9.77. The molecule has 2 heterocycles. The first-order chi connectivity index (χ1) is 8.04. The Morgan fingerprint density at radius 1 is 1.41 bits per heavy atom. The van der Waals surface area contributed by atoms with Crippen LogP contribution in [-0.4, -0.2) is 16.0 Å². The number of aromatic nitrogens is 2. The van der Waals surface area contributed by atoms with E-state index in [2.05, 4.69) is 37.3 Å². The maximum absolute atomic E-state index is 5.78. The van der Waals surface area contributed by atoms with E-state index in [1.54, 1.807) is 11.3 Å². The fourth-order valence-electron chi connectivity index (χ4n) is 1.58. The minimum absolute atomic E-state index is 0.0831. The molecule has 0 fully saturated rings. The van der Waals surface area contributed by atoms with E-state index in [1.165, 1.54) is 0 Å². The topological polar surface area (TPSA) is 51.8 Å². The van der Waals surface area contributed by atoms with Gasteiger partial charge in [-0.05, 0) is 41.9 Å². The Hall–Kier alpha value is -0.780. The van der Waals surface area contributed by atoms with Gasteiger partial charge < -0.3 is 5.73 Å². The predicted octanol–water partition coefficient (Wildman–Crippen LogP) is 3.17. The van der Waals surface area contributed by atoms with Gasteiger partial charge in [0.1, 0.15) is 5.82 Å². The fraction of sp³-hybridized carbons (Fsp3) is 0.333. The molecule has 0 aliphatic heterocycles. The minimum atomic E-state index is 0.0831. The van der Waals surface area contributed by atoms with E-state index >= 15 is 0 Å². The van der Waals surface area contributed by atoms with Crippen LogP contribution in [0.15, 0.2) is 22.0 Å². The second-order valence-corrected chi connectivity index (χ2v) is 5.95. The van der Waals surface area contributed by atoms with Gasteiger partial charge in [0, 0.05) is 28.0 Å². The number of aryl methyl sites for hydroxylation is 1. The Morgan fingerprint density at radius 2 is 2.18 bits per heavy atom. The van der Waals surface area contributed by atoms with Crippen LogP contribution in [0.3, 0.4) is 0 Å². The van der Waals surface area contributed by atoms with E-state index in [-0.39, 0.29) is 6.04 Å². The smallest absolute Gasteiger partial charge is 0.130 e. The first-order valence-corrected chi connectivity index (χ1v) is 7.06. The van der Waals surface area contributed by atoms with Crippen molar-refractivity contribution < 1.29 is 0 Å². The predicted molar refractivity (Wildman–Crippen MR) is 75.1 cm³/mol. The van der Waals surface area contributed by atoms with Gasteiger partial charge in [-0.2, -0.15) is 0 Å². The molecule has 0 bridgehead atoms. The lowest BCUT2D eigenvalue weighted by Crippen LogP contribution is -2.19. The second kappa shape index (κ2) is 5.25. The molecule has 2 N–H and O–H groups in total. The first-order valence-electron chi connectivity index (χ1n) is 5.39. The molecule has 0 aliphatic rings. The normalized spacial score (nSPS) is 12.7. The largest absolute Gasteiger partial charge is 0.328 e. The van der Waals surface area contributed by atoms with Gasteiger partial charge in [-0.3, -0.25) is 0 Å². The Balaban J connectivity index is 2.37. The number of rotatable bonds is 3. The maximum Gasteiger partial charge on any atom is 0.130 e. The van der Waals surface area contributed by atoms with Crippen molar-refractivity contribution in [2.75, 3.05) is 0 Å². The van der Waals surface area contributed by atoms with Crippen LogP contribution in [0, 0.1) is 6.92 Å². The van der Waals surface area contributed by atoms with Gasteiger partial charge in [-0.15, -0.1) is 11.3 Å². The molecule has 0 aromatic carbocycles. The van der Waals surface area contributed by atoms with Crippen LogP contribution >= 0.6 is 27.3 Å². The number of nitrogens with two attached hydrogens (primary N) is 1.